The van der Waals surface area contributed by atoms with E-state index in [4.69, 9.17) is 15.7 Å². The van der Waals surface area contributed by atoms with Crippen LogP contribution in [-0.2, 0) is 9.59 Å². The average Bonchev–Trinajstić information content (AvgIpc) is 3.32. The predicted molar refractivity (Wildman–Crippen MR) is 160 cm³/mol. The van der Waals surface area contributed by atoms with Gasteiger partial charge < -0.3 is 31.2 Å². The van der Waals surface area contributed by atoms with Crippen LogP contribution in [0, 0.1) is 5.41 Å². The second kappa shape index (κ2) is 10.8. The summed E-state index contributed by atoms with van der Waals surface area (Å²) in [6.45, 7) is 1.87. The van der Waals surface area contributed by atoms with Crippen molar-refractivity contribution in [2.75, 3.05) is 11.9 Å². The molecule has 1 saturated heterocycles. The lowest BCUT2D eigenvalue weighted by Gasteiger charge is -2.27. The molecule has 10 nitrogen and oxygen atoms in total. The van der Waals surface area contributed by atoms with Crippen molar-refractivity contribution in [1.29, 1.82) is 0 Å². The van der Waals surface area contributed by atoms with Gasteiger partial charge in [-0.05, 0) is 66.8 Å². The van der Waals surface area contributed by atoms with Crippen molar-refractivity contribution < 1.29 is 24.3 Å². The number of carbonyl (C=O) groups is 3. The Hall–Kier alpha value is -4.90. The van der Waals surface area contributed by atoms with Gasteiger partial charge in [0.2, 0.25) is 11.8 Å². The van der Waals surface area contributed by atoms with E-state index in [0.717, 1.165) is 16.5 Å². The Kier molecular flexibility index (Phi) is 7.03. The number of nitrogens with one attached hydrogen (secondary N) is 2. The van der Waals surface area contributed by atoms with Crippen molar-refractivity contribution in [2.24, 2.45) is 16.3 Å². The highest BCUT2D eigenvalue weighted by Crippen LogP contribution is 2.59. The summed E-state index contributed by atoms with van der Waals surface area (Å²) in [5, 5.41) is 20.3. The minimum Gasteiger partial charge on any atom is -0.457 e. The van der Waals surface area contributed by atoms with Crippen LogP contribution < -0.4 is 21.1 Å². The number of hydrogen-bond acceptors (Lipinski definition) is 7. The number of amides is 3. The highest BCUT2D eigenvalue weighted by molar-refractivity contribution is 7.17. The number of thiophene rings is 1. The number of nitrogens with zero attached hydrogens (tertiary/aromatic N) is 2. The third-order valence-electron chi connectivity index (χ3n) is 7.95. The molecule has 3 atom stereocenters. The topological polar surface area (TPSA) is 146 Å². The SMILES string of the molecule is C[C@@]12C[C@@H]1N(C(=O)CNC(=O)c1ccc(Oc3ccccc3)cc1)[C@H](C(=O)Nc1ccc3c(/C(N)=N/O)csc3c1)C2. The highest BCUT2D eigenvalue weighted by atomic mass is 32.1. The second-order valence-electron chi connectivity index (χ2n) is 10.9. The first kappa shape index (κ1) is 27.3. The molecule has 3 aromatic carbocycles. The van der Waals surface area contributed by atoms with E-state index < -0.39 is 6.04 Å². The van der Waals surface area contributed by atoms with Crippen LogP contribution in [0.5, 0.6) is 11.5 Å². The lowest BCUT2D eigenvalue weighted by atomic mass is 10.0. The number of nitrogens with two attached hydrogens (primary N) is 1. The van der Waals surface area contributed by atoms with Gasteiger partial charge in [-0.2, -0.15) is 0 Å². The summed E-state index contributed by atoms with van der Waals surface area (Å²) < 4.78 is 6.64. The number of amidine groups is 1. The summed E-state index contributed by atoms with van der Waals surface area (Å²) in [6.07, 6.45) is 1.39. The normalized spacial score (nSPS) is 21.1. The molecule has 0 spiro atoms. The zero-order valence-corrected chi connectivity index (χ0v) is 23.6. The minimum absolute atomic E-state index is 0.0202. The molecule has 11 heteroatoms. The van der Waals surface area contributed by atoms with Crippen molar-refractivity contribution in [3.63, 3.8) is 0 Å². The molecule has 2 heterocycles. The molecule has 214 valence electrons. The van der Waals surface area contributed by atoms with Gasteiger partial charge in [-0.15, -0.1) is 11.3 Å². The fraction of sp³-hybridized carbons (Fsp3) is 0.226. The number of piperidine rings is 1. The van der Waals surface area contributed by atoms with Crippen molar-refractivity contribution in [3.8, 4) is 11.5 Å². The lowest BCUT2D eigenvalue weighted by Crippen LogP contribution is -2.49. The van der Waals surface area contributed by atoms with Crippen LogP contribution in [0.2, 0.25) is 0 Å². The van der Waals surface area contributed by atoms with Crippen LogP contribution in [0.25, 0.3) is 10.1 Å². The van der Waals surface area contributed by atoms with E-state index in [2.05, 4.69) is 22.7 Å². The van der Waals surface area contributed by atoms with Gasteiger partial charge >= 0.3 is 0 Å². The van der Waals surface area contributed by atoms with Gasteiger partial charge in [-0.25, -0.2) is 0 Å². The monoisotopic (exact) mass is 583 g/mol. The molecule has 6 rings (SSSR count). The average molecular weight is 584 g/mol. The maximum absolute atomic E-state index is 13.4. The molecule has 3 amide bonds. The van der Waals surface area contributed by atoms with Crippen LogP contribution in [0.3, 0.4) is 0 Å². The Morgan fingerprint density at radius 3 is 2.55 bits per heavy atom. The van der Waals surface area contributed by atoms with E-state index in [1.807, 2.05) is 36.4 Å². The highest BCUT2D eigenvalue weighted by Gasteiger charge is 2.64. The number of fused-ring (bicyclic) bond motifs is 2. The molecule has 5 N–H and O–H groups in total. The number of para-hydroxylation sites is 1. The first-order valence-corrected chi connectivity index (χ1v) is 14.4. The van der Waals surface area contributed by atoms with Gasteiger partial charge in [0.15, 0.2) is 5.84 Å². The summed E-state index contributed by atoms with van der Waals surface area (Å²) in [4.78, 5) is 41.1. The molecule has 2 aliphatic rings. The van der Waals surface area contributed by atoms with Gasteiger partial charge in [0, 0.05) is 38.3 Å². The third-order valence-corrected chi connectivity index (χ3v) is 8.89. The summed E-state index contributed by atoms with van der Waals surface area (Å²) >= 11 is 1.42. The van der Waals surface area contributed by atoms with Gasteiger partial charge in [-0.1, -0.05) is 36.3 Å². The largest absolute Gasteiger partial charge is 0.457 e. The van der Waals surface area contributed by atoms with Crippen molar-refractivity contribution in [1.82, 2.24) is 10.2 Å². The van der Waals surface area contributed by atoms with Crippen molar-refractivity contribution in [3.05, 3.63) is 89.3 Å². The third kappa shape index (κ3) is 5.26. The number of hydrogen-bond donors (Lipinski definition) is 4. The number of anilines is 1. The summed E-state index contributed by atoms with van der Waals surface area (Å²) in [5.74, 6) is 0.349. The number of carbonyl (C=O) groups excluding carboxylic acids is 3. The van der Waals surface area contributed by atoms with Crippen molar-refractivity contribution in [2.45, 2.75) is 31.8 Å². The molecule has 0 bridgehead atoms. The van der Waals surface area contributed by atoms with Gasteiger partial charge in [-0.3, -0.25) is 14.4 Å². The minimum atomic E-state index is -0.640. The molecule has 0 radical (unpaired) electrons. The van der Waals surface area contributed by atoms with E-state index in [1.165, 1.54) is 11.3 Å². The first-order chi connectivity index (χ1) is 20.3. The Morgan fingerprint density at radius 1 is 1.07 bits per heavy atom. The zero-order chi connectivity index (χ0) is 29.4. The number of oxime groups is 1. The van der Waals surface area contributed by atoms with Gasteiger partial charge in [0.05, 0.1) is 6.54 Å². The molecule has 1 aromatic heterocycles. The standard InChI is InChI=1S/C31H29N5O5S/c1-31-14-24(30(39)34-19-9-12-22-23(28(32)35-40)17-42-25(22)13-19)36(26(31)15-31)27(37)16-33-29(38)18-7-10-21(11-8-18)41-20-5-3-2-4-6-20/h2-13,17,24,26,40H,14-16H2,1H3,(H2,32,35)(H,33,38)(H,34,39)/t24-,26-,31+/m0/s1. The number of rotatable bonds is 8. The number of likely N-dealkylation sites (tertiary alicyclic amines) is 1. The molecule has 42 heavy (non-hydrogen) atoms. The quantitative estimate of drug-likeness (QED) is 0.104. The number of benzene rings is 3. The van der Waals surface area contributed by atoms with Crippen molar-refractivity contribution >= 4 is 50.7 Å². The fourth-order valence-electron chi connectivity index (χ4n) is 5.59. The molecule has 4 aromatic rings. The number of ether oxygens (including phenoxy) is 1. The van der Waals surface area contributed by atoms with Crippen LogP contribution in [0.15, 0.2) is 83.3 Å². The molecule has 1 saturated carbocycles. The summed E-state index contributed by atoms with van der Waals surface area (Å²) in [7, 11) is 0. The van der Waals surface area contributed by atoms with E-state index in [0.29, 0.717) is 34.7 Å². The zero-order valence-electron chi connectivity index (χ0n) is 22.7. The summed E-state index contributed by atoms with van der Waals surface area (Å²) in [6, 6.07) is 20.7. The van der Waals surface area contributed by atoms with Crippen LogP contribution in [-0.4, -0.2) is 52.3 Å². The van der Waals surface area contributed by atoms with Crippen LogP contribution in [0.1, 0.15) is 35.7 Å². The fourth-order valence-corrected chi connectivity index (χ4v) is 6.58. The summed E-state index contributed by atoms with van der Waals surface area (Å²) in [5.41, 5.74) is 7.26. The molecular weight excluding hydrogens is 554 g/mol. The molecule has 2 fully saturated rings. The van der Waals surface area contributed by atoms with E-state index in [9.17, 15) is 14.4 Å². The van der Waals surface area contributed by atoms with Gasteiger partial charge in [0.1, 0.15) is 17.5 Å². The molecular formula is C31H29N5O5S. The molecule has 0 unspecified atom stereocenters. The molecule has 1 aliphatic carbocycles. The van der Waals surface area contributed by atoms with Crippen LogP contribution in [0.4, 0.5) is 5.69 Å². The first-order valence-electron chi connectivity index (χ1n) is 13.5. The smallest absolute Gasteiger partial charge is 0.251 e. The van der Waals surface area contributed by atoms with E-state index in [1.54, 1.807) is 46.7 Å². The van der Waals surface area contributed by atoms with E-state index >= 15 is 0 Å². The maximum Gasteiger partial charge on any atom is 0.251 e. The van der Waals surface area contributed by atoms with Gasteiger partial charge in [0.25, 0.3) is 5.91 Å². The lowest BCUT2D eigenvalue weighted by molar-refractivity contribution is -0.137. The maximum atomic E-state index is 13.4. The Labute approximate surface area is 245 Å². The second-order valence-corrected chi connectivity index (χ2v) is 11.8. The van der Waals surface area contributed by atoms with E-state index in [-0.39, 0.29) is 41.6 Å². The van der Waals surface area contributed by atoms with Crippen LogP contribution >= 0.6 is 11.3 Å². The predicted octanol–water partition coefficient (Wildman–Crippen LogP) is 4.54. The Balaban J connectivity index is 1.08. The molecule has 1 aliphatic heterocycles. The Bertz CT molecular complexity index is 1700. The Morgan fingerprint density at radius 2 is 1.81 bits per heavy atom.